The molecule has 0 atom stereocenters. The molecule has 0 aliphatic carbocycles. The quantitative estimate of drug-likeness (QED) is 0.495. The molecule has 0 unspecified atom stereocenters. The summed E-state index contributed by atoms with van der Waals surface area (Å²) in [6.45, 7) is 1.55. The van der Waals surface area contributed by atoms with Crippen molar-refractivity contribution in [1.29, 1.82) is 0 Å². The topological polar surface area (TPSA) is 52.6 Å². The lowest BCUT2D eigenvalue weighted by atomic mass is 9.92. The van der Waals surface area contributed by atoms with Crippen LogP contribution in [0.15, 0.2) is 36.4 Å². The Morgan fingerprint density at radius 3 is 2.50 bits per heavy atom. The molecule has 0 N–H and O–H groups in total. The van der Waals surface area contributed by atoms with E-state index in [-0.39, 0.29) is 11.8 Å². The number of aryl methyl sites for hydroxylation is 1. The molecule has 3 rings (SSSR count). The molecule has 1 heterocycles. The van der Waals surface area contributed by atoms with E-state index in [0.717, 1.165) is 22.4 Å². The van der Waals surface area contributed by atoms with Gasteiger partial charge in [0.15, 0.2) is 5.78 Å². The minimum Gasteiger partial charge on any atom is -0.497 e. The second-order valence-electron chi connectivity index (χ2n) is 5.26. The van der Waals surface area contributed by atoms with Gasteiger partial charge in [-0.05, 0) is 54.3 Å². The number of rotatable bonds is 3. The van der Waals surface area contributed by atoms with Gasteiger partial charge < -0.3 is 9.47 Å². The molecule has 0 saturated carbocycles. The Balaban J connectivity index is 2.13. The second kappa shape index (κ2) is 5.64. The van der Waals surface area contributed by atoms with Crippen LogP contribution >= 0.6 is 0 Å². The lowest BCUT2D eigenvalue weighted by molar-refractivity contribution is -0.135. The highest BCUT2D eigenvalue weighted by atomic mass is 16.5. The summed E-state index contributed by atoms with van der Waals surface area (Å²) in [4.78, 5) is 23.5. The number of hydrogen-bond acceptors (Lipinski definition) is 4. The van der Waals surface area contributed by atoms with Crippen molar-refractivity contribution < 1.29 is 19.1 Å². The fourth-order valence-corrected chi connectivity index (χ4v) is 2.63. The number of hydrogen-bond donors (Lipinski definition) is 0. The number of carbonyl (C=O) groups excluding carboxylic acids is 2. The van der Waals surface area contributed by atoms with Crippen molar-refractivity contribution in [3.05, 3.63) is 47.5 Å². The van der Waals surface area contributed by atoms with Crippen LogP contribution in [0.25, 0.3) is 11.1 Å². The van der Waals surface area contributed by atoms with Gasteiger partial charge in [0, 0.05) is 5.56 Å². The third-order valence-corrected chi connectivity index (χ3v) is 3.80. The normalized spacial score (nSPS) is 13.3. The predicted molar refractivity (Wildman–Crippen MR) is 82.4 cm³/mol. The molecule has 0 spiro atoms. The highest BCUT2D eigenvalue weighted by molar-refractivity contribution is 6.01. The van der Waals surface area contributed by atoms with Crippen LogP contribution in [0.5, 0.6) is 11.5 Å². The highest BCUT2D eigenvalue weighted by Gasteiger charge is 2.21. The first-order chi connectivity index (χ1) is 10.6. The minimum absolute atomic E-state index is 0.00878. The lowest BCUT2D eigenvalue weighted by Gasteiger charge is -2.19. The largest absolute Gasteiger partial charge is 0.497 e. The molecule has 0 saturated heterocycles. The molecule has 112 valence electrons. The van der Waals surface area contributed by atoms with Gasteiger partial charge in [-0.2, -0.15) is 0 Å². The molecule has 1 aliphatic rings. The number of methoxy groups -OCH3 is 1. The van der Waals surface area contributed by atoms with Gasteiger partial charge in [0.25, 0.3) is 0 Å². The Labute approximate surface area is 128 Å². The molecule has 4 nitrogen and oxygen atoms in total. The van der Waals surface area contributed by atoms with E-state index in [9.17, 15) is 9.59 Å². The van der Waals surface area contributed by atoms with Gasteiger partial charge in [0.05, 0.1) is 13.5 Å². The van der Waals surface area contributed by atoms with Crippen LogP contribution < -0.4 is 9.47 Å². The van der Waals surface area contributed by atoms with Crippen LogP contribution in [0, 0.1) is 0 Å². The van der Waals surface area contributed by atoms with Crippen LogP contribution in [-0.2, 0) is 11.2 Å². The summed E-state index contributed by atoms with van der Waals surface area (Å²) in [5.74, 6) is 1.05. The Kier molecular flexibility index (Phi) is 3.67. The average molecular weight is 296 g/mol. The summed E-state index contributed by atoms with van der Waals surface area (Å²) in [5, 5.41) is 0. The summed E-state index contributed by atoms with van der Waals surface area (Å²) in [5.41, 5.74) is 3.20. The van der Waals surface area contributed by atoms with Gasteiger partial charge in [-0.3, -0.25) is 9.59 Å². The number of benzene rings is 2. The molecule has 0 radical (unpaired) electrons. The second-order valence-corrected chi connectivity index (χ2v) is 5.26. The van der Waals surface area contributed by atoms with E-state index in [1.165, 1.54) is 0 Å². The predicted octanol–water partition coefficient (Wildman–Crippen LogP) is 3.42. The molecule has 0 amide bonds. The van der Waals surface area contributed by atoms with Gasteiger partial charge in [0.2, 0.25) is 0 Å². The molecule has 0 bridgehead atoms. The summed E-state index contributed by atoms with van der Waals surface area (Å²) >= 11 is 0. The van der Waals surface area contributed by atoms with Crippen molar-refractivity contribution in [3.63, 3.8) is 0 Å². The van der Waals surface area contributed by atoms with Gasteiger partial charge in [-0.25, -0.2) is 0 Å². The molecule has 0 fully saturated rings. The molecule has 2 aromatic carbocycles. The van der Waals surface area contributed by atoms with Crippen LogP contribution in [0.1, 0.15) is 29.3 Å². The van der Waals surface area contributed by atoms with Gasteiger partial charge in [0.1, 0.15) is 11.5 Å². The fraction of sp³-hybridized carbons (Fsp3) is 0.222. The molecule has 2 aromatic rings. The number of ketones is 1. The number of fused-ring (bicyclic) bond motifs is 1. The van der Waals surface area contributed by atoms with Crippen molar-refractivity contribution in [1.82, 2.24) is 0 Å². The molecule has 1 aliphatic heterocycles. The minimum atomic E-state index is -0.233. The van der Waals surface area contributed by atoms with Crippen molar-refractivity contribution in [3.8, 4) is 22.6 Å². The summed E-state index contributed by atoms with van der Waals surface area (Å²) < 4.78 is 10.4. The number of carbonyl (C=O) groups is 2. The van der Waals surface area contributed by atoms with E-state index >= 15 is 0 Å². The van der Waals surface area contributed by atoms with Crippen LogP contribution in [-0.4, -0.2) is 18.9 Å². The van der Waals surface area contributed by atoms with E-state index in [2.05, 4.69) is 0 Å². The molecule has 22 heavy (non-hydrogen) atoms. The van der Waals surface area contributed by atoms with Crippen molar-refractivity contribution in [2.75, 3.05) is 7.11 Å². The Bertz CT molecular complexity index is 744. The monoisotopic (exact) mass is 296 g/mol. The van der Waals surface area contributed by atoms with Crippen LogP contribution in [0.2, 0.25) is 0 Å². The first-order valence-corrected chi connectivity index (χ1v) is 7.11. The molecular formula is C18H16O4. The molecule has 0 aromatic heterocycles. The Hall–Kier alpha value is -2.62. The maximum absolute atomic E-state index is 12.0. The first-order valence-electron chi connectivity index (χ1n) is 7.11. The van der Waals surface area contributed by atoms with Crippen molar-refractivity contribution >= 4 is 11.8 Å². The zero-order valence-corrected chi connectivity index (χ0v) is 12.5. The van der Waals surface area contributed by atoms with Gasteiger partial charge in [-0.1, -0.05) is 12.1 Å². The Morgan fingerprint density at radius 1 is 1.14 bits per heavy atom. The number of ether oxygens (including phenoxy) is 2. The summed E-state index contributed by atoms with van der Waals surface area (Å²) in [6, 6.07) is 11.1. The van der Waals surface area contributed by atoms with Crippen molar-refractivity contribution in [2.45, 2.75) is 19.8 Å². The van der Waals surface area contributed by atoms with Gasteiger partial charge in [-0.15, -0.1) is 0 Å². The maximum Gasteiger partial charge on any atom is 0.311 e. The lowest BCUT2D eigenvalue weighted by Crippen LogP contribution is -2.16. The summed E-state index contributed by atoms with van der Waals surface area (Å²) in [7, 11) is 1.61. The van der Waals surface area contributed by atoms with E-state index in [1.54, 1.807) is 20.1 Å². The Morgan fingerprint density at radius 2 is 1.86 bits per heavy atom. The summed E-state index contributed by atoms with van der Waals surface area (Å²) in [6.07, 6.45) is 0.962. The maximum atomic E-state index is 12.0. The zero-order valence-electron chi connectivity index (χ0n) is 12.5. The van der Waals surface area contributed by atoms with E-state index < -0.39 is 0 Å². The van der Waals surface area contributed by atoms with E-state index in [1.807, 2.05) is 30.3 Å². The molecular weight excluding hydrogens is 280 g/mol. The smallest absolute Gasteiger partial charge is 0.311 e. The van der Waals surface area contributed by atoms with Crippen LogP contribution in [0.4, 0.5) is 0 Å². The average Bonchev–Trinajstić information content (AvgIpc) is 2.53. The number of Topliss-reactive ketones (excluding diaryl/α,β-unsaturated/α-hetero) is 1. The fourth-order valence-electron chi connectivity index (χ4n) is 2.63. The SMILES string of the molecule is COc1ccc(-c2cc3c(cc2C(C)=O)CCC(=O)O3)cc1. The molecule has 4 heteroatoms. The van der Waals surface area contributed by atoms with E-state index in [4.69, 9.17) is 9.47 Å². The third kappa shape index (κ3) is 2.60. The van der Waals surface area contributed by atoms with Crippen molar-refractivity contribution in [2.24, 2.45) is 0 Å². The number of esters is 1. The zero-order chi connectivity index (χ0) is 15.7. The third-order valence-electron chi connectivity index (χ3n) is 3.80. The highest BCUT2D eigenvalue weighted by Crippen LogP contribution is 2.35. The van der Waals surface area contributed by atoms with E-state index in [0.29, 0.717) is 24.2 Å². The first kappa shape index (κ1) is 14.3. The standard InChI is InChI=1S/C18H16O4/c1-11(19)15-9-13-5-8-18(20)22-17(13)10-16(15)12-3-6-14(21-2)7-4-12/h3-4,6-7,9-10H,5,8H2,1-2H3. The van der Waals surface area contributed by atoms with Gasteiger partial charge >= 0.3 is 5.97 Å². The van der Waals surface area contributed by atoms with Crippen LogP contribution in [0.3, 0.4) is 0 Å².